The molecule has 7 rings (SSSR count). The molecule has 2 aromatic carbocycles. The number of halogens is 3. The summed E-state index contributed by atoms with van der Waals surface area (Å²) < 4.78 is 43.3. The number of rotatable bonds is 6. The second-order valence-corrected chi connectivity index (χ2v) is 10.5. The van der Waals surface area contributed by atoms with Crippen LogP contribution in [0, 0.1) is 0 Å². The molecule has 2 aliphatic rings. The molecule has 40 heavy (non-hydrogen) atoms. The van der Waals surface area contributed by atoms with E-state index in [2.05, 4.69) is 30.6 Å². The number of aromatic nitrogens is 7. The fourth-order valence-corrected chi connectivity index (χ4v) is 5.71. The van der Waals surface area contributed by atoms with E-state index in [-0.39, 0.29) is 5.69 Å². The Morgan fingerprint density at radius 1 is 1.05 bits per heavy atom. The van der Waals surface area contributed by atoms with E-state index < -0.39 is 12.2 Å². The standard InChI is InChI=1S/C28H28F3N9/c1-3-40-13-12-21-23(24(40)28(29,30)31)35-25(33-21)16-6-8-17(9-7-16)26-36-27(39(2)38-26)34-20-11-10-19-18(14-32-37-19)22(20)15-4-5-15/h6-11,14-15,24H,3-5,12-13H2,1-2H3,(H,32,37)(H,33,35)(H,34,36,38). The molecule has 1 atom stereocenters. The number of nitrogens with one attached hydrogen (secondary N) is 3. The zero-order valence-electron chi connectivity index (χ0n) is 22.0. The van der Waals surface area contributed by atoms with Crippen molar-refractivity contribution in [2.24, 2.45) is 7.05 Å². The first-order valence-corrected chi connectivity index (χ1v) is 13.4. The lowest BCUT2D eigenvalue weighted by Crippen LogP contribution is -2.43. The maximum Gasteiger partial charge on any atom is 0.409 e. The number of imidazole rings is 1. The average molecular weight is 548 g/mol. The third kappa shape index (κ3) is 4.23. The fourth-order valence-electron chi connectivity index (χ4n) is 5.71. The van der Waals surface area contributed by atoms with Crippen molar-refractivity contribution in [2.45, 2.75) is 44.3 Å². The molecular weight excluding hydrogens is 519 g/mol. The quantitative estimate of drug-likeness (QED) is 0.246. The van der Waals surface area contributed by atoms with Gasteiger partial charge < -0.3 is 10.3 Å². The van der Waals surface area contributed by atoms with E-state index in [1.54, 1.807) is 11.6 Å². The van der Waals surface area contributed by atoms with E-state index in [9.17, 15) is 13.2 Å². The Hall–Kier alpha value is -4.19. The lowest BCUT2D eigenvalue weighted by Gasteiger charge is -2.34. The number of aromatic amines is 2. The van der Waals surface area contributed by atoms with Gasteiger partial charge in [0.25, 0.3) is 0 Å². The number of nitrogens with zero attached hydrogens (tertiary/aromatic N) is 6. The number of hydrogen-bond acceptors (Lipinski definition) is 6. The second kappa shape index (κ2) is 9.19. The number of hydrogen-bond donors (Lipinski definition) is 3. The van der Waals surface area contributed by atoms with E-state index in [1.807, 2.05) is 49.6 Å². The third-order valence-electron chi connectivity index (χ3n) is 7.88. The molecule has 3 aromatic heterocycles. The molecule has 0 saturated heterocycles. The van der Waals surface area contributed by atoms with Crippen LogP contribution >= 0.6 is 0 Å². The molecule has 1 aliphatic heterocycles. The van der Waals surface area contributed by atoms with Gasteiger partial charge in [-0.1, -0.05) is 31.2 Å². The minimum Gasteiger partial charge on any atom is -0.342 e. The van der Waals surface area contributed by atoms with Crippen LogP contribution in [0.5, 0.6) is 0 Å². The van der Waals surface area contributed by atoms with Crippen LogP contribution in [0.2, 0.25) is 0 Å². The number of anilines is 2. The largest absolute Gasteiger partial charge is 0.409 e. The van der Waals surface area contributed by atoms with Crippen LogP contribution in [0.3, 0.4) is 0 Å². The highest BCUT2D eigenvalue weighted by atomic mass is 19.4. The van der Waals surface area contributed by atoms with Crippen LogP contribution in [0.4, 0.5) is 24.8 Å². The smallest absolute Gasteiger partial charge is 0.342 e. The lowest BCUT2D eigenvalue weighted by molar-refractivity contribution is -0.189. The highest BCUT2D eigenvalue weighted by Gasteiger charge is 2.48. The molecule has 206 valence electrons. The van der Waals surface area contributed by atoms with Crippen LogP contribution in [0.15, 0.2) is 42.6 Å². The van der Waals surface area contributed by atoms with Crippen molar-refractivity contribution in [3.8, 4) is 22.8 Å². The topological polar surface area (TPSA) is 103 Å². The molecule has 1 saturated carbocycles. The summed E-state index contributed by atoms with van der Waals surface area (Å²) in [6, 6.07) is 9.76. The van der Waals surface area contributed by atoms with E-state index in [0.29, 0.717) is 54.3 Å². The number of benzene rings is 2. The molecule has 1 fully saturated rings. The van der Waals surface area contributed by atoms with Crippen molar-refractivity contribution < 1.29 is 13.2 Å². The van der Waals surface area contributed by atoms with Crippen LogP contribution < -0.4 is 5.32 Å². The van der Waals surface area contributed by atoms with Gasteiger partial charge in [0.05, 0.1) is 17.4 Å². The van der Waals surface area contributed by atoms with Gasteiger partial charge in [-0.25, -0.2) is 9.67 Å². The van der Waals surface area contributed by atoms with Gasteiger partial charge in [0.15, 0.2) is 11.9 Å². The van der Waals surface area contributed by atoms with E-state index in [0.717, 1.165) is 35.0 Å². The van der Waals surface area contributed by atoms with Crippen molar-refractivity contribution in [3.63, 3.8) is 0 Å². The molecule has 9 nitrogen and oxygen atoms in total. The van der Waals surface area contributed by atoms with Crippen molar-refractivity contribution in [2.75, 3.05) is 18.4 Å². The first-order chi connectivity index (χ1) is 19.3. The minimum atomic E-state index is -4.39. The van der Waals surface area contributed by atoms with Gasteiger partial charge in [-0.15, -0.1) is 5.10 Å². The average Bonchev–Trinajstić information content (AvgIpc) is 3.32. The summed E-state index contributed by atoms with van der Waals surface area (Å²) in [5, 5.41) is 16.4. The number of likely N-dealkylation sites (N-methyl/N-ethyl adjacent to an activating group) is 1. The van der Waals surface area contributed by atoms with Crippen molar-refractivity contribution in [3.05, 3.63) is 59.5 Å². The molecule has 1 aliphatic carbocycles. The molecular formula is C28H28F3N9. The Balaban J connectivity index is 1.15. The minimum absolute atomic E-state index is 0.0703. The molecule has 0 radical (unpaired) electrons. The summed E-state index contributed by atoms with van der Waals surface area (Å²) >= 11 is 0. The lowest BCUT2D eigenvalue weighted by atomic mass is 10.0. The van der Waals surface area contributed by atoms with Crippen LogP contribution in [-0.4, -0.2) is 59.1 Å². The van der Waals surface area contributed by atoms with Gasteiger partial charge in [0.2, 0.25) is 5.95 Å². The summed E-state index contributed by atoms with van der Waals surface area (Å²) in [6.45, 7) is 2.40. The van der Waals surface area contributed by atoms with Gasteiger partial charge >= 0.3 is 6.18 Å². The highest BCUT2D eigenvalue weighted by molar-refractivity contribution is 5.89. The second-order valence-electron chi connectivity index (χ2n) is 10.5. The number of aryl methyl sites for hydroxylation is 1. The van der Waals surface area contributed by atoms with E-state index >= 15 is 0 Å². The molecule has 0 amide bonds. The van der Waals surface area contributed by atoms with Gasteiger partial charge in [0, 0.05) is 47.9 Å². The molecule has 3 N–H and O–H groups in total. The van der Waals surface area contributed by atoms with Gasteiger partial charge in [0.1, 0.15) is 5.82 Å². The SMILES string of the molecule is CCN1CCc2[nH]c(-c3ccc(-c4nc(Nc5ccc6[nH]ncc6c5C5CC5)n(C)n4)cc3)nc2C1C(F)(F)F. The molecule has 1 unspecified atom stereocenters. The Labute approximate surface area is 227 Å². The fraction of sp³-hybridized carbons (Fsp3) is 0.357. The normalized spacial score (nSPS) is 17.9. The maximum atomic E-state index is 13.9. The number of fused-ring (bicyclic) bond motifs is 2. The predicted octanol–water partition coefficient (Wildman–Crippen LogP) is 5.85. The zero-order chi connectivity index (χ0) is 27.6. The Kier molecular flexibility index (Phi) is 5.70. The summed E-state index contributed by atoms with van der Waals surface area (Å²) in [7, 11) is 1.84. The summed E-state index contributed by atoms with van der Waals surface area (Å²) in [5.41, 5.74) is 5.37. The monoisotopic (exact) mass is 547 g/mol. The summed E-state index contributed by atoms with van der Waals surface area (Å²) in [6.07, 6.45) is 0.298. The molecule has 4 heterocycles. The Morgan fingerprint density at radius 3 is 2.55 bits per heavy atom. The Bertz CT molecular complexity index is 1690. The van der Waals surface area contributed by atoms with Gasteiger partial charge in [-0.2, -0.15) is 23.3 Å². The number of alkyl halides is 3. The van der Waals surface area contributed by atoms with Gasteiger partial charge in [-0.3, -0.25) is 10.00 Å². The third-order valence-corrected chi connectivity index (χ3v) is 7.88. The van der Waals surface area contributed by atoms with Crippen LogP contribution in [-0.2, 0) is 13.5 Å². The first kappa shape index (κ1) is 24.8. The van der Waals surface area contributed by atoms with E-state index in [4.69, 9.17) is 4.98 Å². The van der Waals surface area contributed by atoms with Crippen molar-refractivity contribution in [1.82, 2.24) is 39.8 Å². The predicted molar refractivity (Wildman–Crippen MR) is 145 cm³/mol. The molecule has 0 spiro atoms. The molecule has 5 aromatic rings. The van der Waals surface area contributed by atoms with E-state index in [1.165, 1.54) is 10.5 Å². The van der Waals surface area contributed by atoms with Crippen molar-refractivity contribution >= 4 is 22.5 Å². The number of H-pyrrole nitrogens is 2. The maximum absolute atomic E-state index is 13.9. The van der Waals surface area contributed by atoms with Crippen LogP contribution in [0.25, 0.3) is 33.7 Å². The van der Waals surface area contributed by atoms with Gasteiger partial charge in [-0.05, 0) is 43.0 Å². The first-order valence-electron chi connectivity index (χ1n) is 13.4. The Morgan fingerprint density at radius 2 is 1.82 bits per heavy atom. The summed E-state index contributed by atoms with van der Waals surface area (Å²) in [4.78, 5) is 13.7. The molecule has 12 heteroatoms. The van der Waals surface area contributed by atoms with Crippen LogP contribution in [0.1, 0.15) is 48.7 Å². The molecule has 0 bridgehead atoms. The highest BCUT2D eigenvalue weighted by Crippen LogP contribution is 2.47. The zero-order valence-corrected chi connectivity index (χ0v) is 22.0. The van der Waals surface area contributed by atoms with Crippen molar-refractivity contribution in [1.29, 1.82) is 0 Å². The summed E-state index contributed by atoms with van der Waals surface area (Å²) in [5.74, 6) is 2.10.